The maximum absolute atomic E-state index is 2.48. The van der Waals surface area contributed by atoms with Crippen LogP contribution in [0.15, 0.2) is 273 Å². The van der Waals surface area contributed by atoms with E-state index in [0.717, 1.165) is 34.0 Å². The van der Waals surface area contributed by atoms with Crippen molar-refractivity contribution in [3.8, 4) is 44.8 Å². The van der Waals surface area contributed by atoms with Gasteiger partial charge in [0.1, 0.15) is 0 Å². The van der Waals surface area contributed by atoms with Gasteiger partial charge in [0.15, 0.2) is 0 Å². The Morgan fingerprint density at radius 1 is 0.333 bits per heavy atom. The minimum atomic E-state index is -0.528. The van der Waals surface area contributed by atoms with Crippen molar-refractivity contribution in [1.82, 2.24) is 9.13 Å². The molecule has 0 N–H and O–H groups in total. The lowest BCUT2D eigenvalue weighted by molar-refractivity contribution is 0.660. The van der Waals surface area contributed by atoms with E-state index in [1.165, 1.54) is 93.9 Å². The molecule has 0 amide bonds. The highest BCUT2D eigenvalue weighted by Crippen LogP contribution is 2.58. The van der Waals surface area contributed by atoms with Crippen molar-refractivity contribution in [1.29, 1.82) is 0 Å². The van der Waals surface area contributed by atoms with Crippen LogP contribution in [0.1, 0.15) is 47.2 Å². The molecule has 0 unspecified atom stereocenters. The third-order valence-corrected chi connectivity index (χ3v) is 16.6. The molecular weight excluding hydrogens is 907 g/mol. The molecule has 3 nitrogen and oxygen atoms in total. The fraction of sp³-hybridized carbons (Fsp3) is 0.0556. The Morgan fingerprint density at radius 2 is 0.840 bits per heavy atom. The zero-order valence-corrected chi connectivity index (χ0v) is 41.8. The van der Waals surface area contributed by atoms with Crippen LogP contribution < -0.4 is 4.90 Å². The second-order valence-electron chi connectivity index (χ2n) is 20.9. The van der Waals surface area contributed by atoms with Gasteiger partial charge in [0.2, 0.25) is 0 Å². The Morgan fingerprint density at radius 3 is 1.51 bits per heavy atom. The monoisotopic (exact) mass is 957 g/mol. The largest absolute Gasteiger partial charge is 0.317 e. The Hall–Kier alpha value is -9.44. The maximum atomic E-state index is 2.48. The van der Waals surface area contributed by atoms with Crippen molar-refractivity contribution in [3.63, 3.8) is 0 Å². The summed E-state index contributed by atoms with van der Waals surface area (Å²) in [4.78, 5) is 2.48. The molecule has 0 spiro atoms. The first-order valence-corrected chi connectivity index (χ1v) is 26.2. The molecule has 2 aliphatic rings. The van der Waals surface area contributed by atoms with Crippen molar-refractivity contribution in [2.75, 3.05) is 4.90 Å². The molecule has 0 saturated carbocycles. The van der Waals surface area contributed by atoms with E-state index in [4.69, 9.17) is 0 Å². The second kappa shape index (κ2) is 16.5. The van der Waals surface area contributed by atoms with E-state index in [1.54, 1.807) is 0 Å². The van der Waals surface area contributed by atoms with Gasteiger partial charge >= 0.3 is 0 Å². The highest BCUT2D eigenvalue weighted by molar-refractivity contribution is 6.14. The smallest absolute Gasteiger partial charge is 0.0714 e. The first kappa shape index (κ1) is 43.2. The van der Waals surface area contributed by atoms with Gasteiger partial charge in [0.05, 0.1) is 22.0 Å². The van der Waals surface area contributed by atoms with E-state index in [2.05, 4.69) is 301 Å². The molecule has 0 bridgehead atoms. The molecule has 2 aromatic heterocycles. The second-order valence-corrected chi connectivity index (χ2v) is 20.9. The summed E-state index contributed by atoms with van der Waals surface area (Å²) < 4.78 is 4.73. The fourth-order valence-electron chi connectivity index (χ4n) is 13.1. The lowest BCUT2D eigenvalue weighted by Crippen LogP contribution is -2.28. The Balaban J connectivity index is 0.908. The minimum absolute atomic E-state index is 0.161. The highest BCUT2D eigenvalue weighted by Gasteiger charge is 2.46. The predicted molar refractivity (Wildman–Crippen MR) is 313 cm³/mol. The molecule has 15 rings (SSSR count). The molecular formula is C72H51N3. The van der Waals surface area contributed by atoms with Gasteiger partial charge in [0.25, 0.3) is 0 Å². The van der Waals surface area contributed by atoms with E-state index in [1.807, 2.05) is 0 Å². The van der Waals surface area contributed by atoms with Gasteiger partial charge in [-0.3, -0.25) is 0 Å². The summed E-state index contributed by atoms with van der Waals surface area (Å²) in [5.41, 5.74) is 23.8. The highest BCUT2D eigenvalue weighted by atomic mass is 15.1. The van der Waals surface area contributed by atoms with E-state index in [-0.39, 0.29) is 5.41 Å². The molecule has 2 heterocycles. The Bertz CT molecular complexity index is 4310. The summed E-state index contributed by atoms with van der Waals surface area (Å²) in [6.07, 6.45) is 2.19. The molecule has 354 valence electrons. The number of nitrogens with zero attached hydrogens (tertiary/aromatic N) is 3. The average molecular weight is 958 g/mol. The lowest BCUT2D eigenvalue weighted by Gasteiger charge is -2.35. The number of fused-ring (bicyclic) bond motifs is 10. The molecule has 3 heteroatoms. The third kappa shape index (κ3) is 6.41. The van der Waals surface area contributed by atoms with Crippen molar-refractivity contribution in [2.24, 2.45) is 0 Å². The van der Waals surface area contributed by atoms with Crippen LogP contribution in [0.2, 0.25) is 0 Å². The van der Waals surface area contributed by atoms with Gasteiger partial charge < -0.3 is 14.0 Å². The van der Waals surface area contributed by atoms with Gasteiger partial charge in [-0.05, 0) is 158 Å². The van der Waals surface area contributed by atoms with E-state index < -0.39 is 5.41 Å². The number of rotatable bonds is 8. The number of benzene rings is 11. The van der Waals surface area contributed by atoms with Crippen LogP contribution in [0.3, 0.4) is 0 Å². The number of para-hydroxylation sites is 2. The van der Waals surface area contributed by atoms with Gasteiger partial charge in [-0.2, -0.15) is 0 Å². The normalized spacial score (nSPS) is 13.7. The molecule has 13 aromatic rings. The molecule has 75 heavy (non-hydrogen) atoms. The standard InChI is InChI=1S/C72H51N3/c1-71(2)64-29-17-15-27-58(64)60-38-36-56(45-66(60)71)74(57-37-39-61-59-28-16-18-30-65(59)72(67(61)46-57,51-19-7-3-8-20-51)52-21-9-4-10-22-52)55-34-31-48(32-35-55)49-33-40-68-62(43-49)63-47-69-50(41-42-73(69)53-23-11-5-12-24-53)44-70(63)75(68)54-25-13-6-14-26-54/h3-47H,1-2H3. The van der Waals surface area contributed by atoms with Crippen LogP contribution in [0.25, 0.3) is 77.5 Å². The quantitative estimate of drug-likeness (QED) is 0.148. The lowest BCUT2D eigenvalue weighted by atomic mass is 9.67. The van der Waals surface area contributed by atoms with E-state index in [9.17, 15) is 0 Å². The zero-order chi connectivity index (χ0) is 49.8. The summed E-state index contributed by atoms with van der Waals surface area (Å²) in [5, 5.41) is 3.66. The van der Waals surface area contributed by atoms with Crippen LogP contribution in [-0.4, -0.2) is 9.13 Å². The third-order valence-electron chi connectivity index (χ3n) is 16.6. The van der Waals surface area contributed by atoms with Crippen LogP contribution in [0.5, 0.6) is 0 Å². The molecule has 0 saturated heterocycles. The summed E-state index contributed by atoms with van der Waals surface area (Å²) in [5.74, 6) is 0. The van der Waals surface area contributed by atoms with Crippen molar-refractivity contribution in [2.45, 2.75) is 24.7 Å². The van der Waals surface area contributed by atoms with E-state index >= 15 is 0 Å². The van der Waals surface area contributed by atoms with Crippen molar-refractivity contribution >= 4 is 49.8 Å². The van der Waals surface area contributed by atoms with Gasteiger partial charge in [-0.15, -0.1) is 0 Å². The molecule has 0 radical (unpaired) electrons. The Labute approximate surface area is 437 Å². The van der Waals surface area contributed by atoms with Gasteiger partial charge in [0, 0.05) is 56.2 Å². The molecule has 0 fully saturated rings. The SMILES string of the molecule is CC1(C)c2ccccc2-c2ccc(N(c3ccc(-c4ccc5c(c4)c4cc6c(ccn6-c6ccccc6)cc4n5-c4ccccc4)cc3)c3ccc4c(c3)C(c3ccccc3)(c3ccccc3)c3ccccc3-4)cc21. The topological polar surface area (TPSA) is 13.1 Å². The summed E-state index contributed by atoms with van der Waals surface area (Å²) in [6.45, 7) is 4.75. The first-order valence-electron chi connectivity index (χ1n) is 26.2. The molecule has 11 aromatic carbocycles. The summed E-state index contributed by atoms with van der Waals surface area (Å²) in [6, 6.07) is 99.2. The fourth-order valence-corrected chi connectivity index (χ4v) is 13.1. The molecule has 0 atom stereocenters. The minimum Gasteiger partial charge on any atom is -0.317 e. The van der Waals surface area contributed by atoms with Crippen molar-refractivity contribution in [3.05, 3.63) is 306 Å². The Kier molecular flexibility index (Phi) is 9.52. The molecule has 2 aliphatic carbocycles. The maximum Gasteiger partial charge on any atom is 0.0714 e. The number of hydrogen-bond acceptors (Lipinski definition) is 1. The number of anilines is 3. The van der Waals surface area contributed by atoms with Crippen LogP contribution in [-0.2, 0) is 10.8 Å². The number of aromatic nitrogens is 2. The number of hydrogen-bond donors (Lipinski definition) is 0. The van der Waals surface area contributed by atoms with E-state index in [0.29, 0.717) is 0 Å². The first-order chi connectivity index (χ1) is 36.9. The van der Waals surface area contributed by atoms with Crippen molar-refractivity contribution < 1.29 is 0 Å². The summed E-state index contributed by atoms with van der Waals surface area (Å²) >= 11 is 0. The summed E-state index contributed by atoms with van der Waals surface area (Å²) in [7, 11) is 0. The zero-order valence-electron chi connectivity index (χ0n) is 41.8. The van der Waals surface area contributed by atoms with Gasteiger partial charge in [-0.1, -0.05) is 190 Å². The van der Waals surface area contributed by atoms with Crippen LogP contribution >= 0.6 is 0 Å². The van der Waals surface area contributed by atoms with Gasteiger partial charge in [-0.25, -0.2) is 0 Å². The molecule has 0 aliphatic heterocycles. The van der Waals surface area contributed by atoms with Crippen LogP contribution in [0, 0.1) is 0 Å². The van der Waals surface area contributed by atoms with Crippen LogP contribution in [0.4, 0.5) is 17.1 Å². The predicted octanol–water partition coefficient (Wildman–Crippen LogP) is 18.5. The average Bonchev–Trinajstić information content (AvgIpc) is 4.29.